The minimum absolute atomic E-state index is 0.110. The van der Waals surface area contributed by atoms with Gasteiger partial charge in [0, 0.05) is 18.7 Å². The Balaban J connectivity index is 1.57. The lowest BCUT2D eigenvalue weighted by Gasteiger charge is -2.27. The Morgan fingerprint density at radius 1 is 1.41 bits per heavy atom. The minimum atomic E-state index is -0.465. The van der Waals surface area contributed by atoms with Gasteiger partial charge in [-0.15, -0.1) is 0 Å². The van der Waals surface area contributed by atoms with Gasteiger partial charge in [0.1, 0.15) is 11.4 Å². The topological polar surface area (TPSA) is 53.3 Å². The molecule has 1 amide bonds. The molecule has 0 bridgehead atoms. The molecule has 1 aromatic carbocycles. The van der Waals surface area contributed by atoms with Gasteiger partial charge in [-0.3, -0.25) is 0 Å². The van der Waals surface area contributed by atoms with E-state index < -0.39 is 5.60 Å². The fourth-order valence-corrected chi connectivity index (χ4v) is 4.57. The molecule has 0 N–H and O–H groups in total. The van der Waals surface area contributed by atoms with Crippen molar-refractivity contribution >= 4 is 6.09 Å². The third-order valence-corrected chi connectivity index (χ3v) is 5.81. The van der Waals surface area contributed by atoms with E-state index in [1.165, 1.54) is 0 Å². The van der Waals surface area contributed by atoms with Crippen LogP contribution in [-0.4, -0.2) is 29.7 Å². The molecular formula is C22H29FN2O2. The molecule has 5 heteroatoms. The third-order valence-electron chi connectivity index (χ3n) is 5.81. The number of nitriles is 1. The number of carbonyl (C=O) groups is 1. The van der Waals surface area contributed by atoms with Gasteiger partial charge in [0.05, 0.1) is 12.5 Å². The Kier molecular flexibility index (Phi) is 5.46. The van der Waals surface area contributed by atoms with Crippen LogP contribution in [0.3, 0.4) is 0 Å². The Bertz CT molecular complexity index is 750. The molecule has 4 nitrogen and oxygen atoms in total. The van der Waals surface area contributed by atoms with Gasteiger partial charge in [0.15, 0.2) is 0 Å². The SMILES string of the molecule is CC(C)(C)OC(=O)N1CCC2(CCC(Cc3ccc(CC#N)c(F)c3)C2)C1. The molecule has 1 aliphatic heterocycles. The maximum atomic E-state index is 14.1. The zero-order valence-electron chi connectivity index (χ0n) is 16.6. The smallest absolute Gasteiger partial charge is 0.410 e. The number of hydrogen-bond acceptors (Lipinski definition) is 3. The highest BCUT2D eigenvalue weighted by atomic mass is 19.1. The van der Waals surface area contributed by atoms with Gasteiger partial charge in [-0.25, -0.2) is 9.18 Å². The maximum absolute atomic E-state index is 14.1. The van der Waals surface area contributed by atoms with Gasteiger partial charge in [-0.2, -0.15) is 5.26 Å². The normalized spacial score (nSPS) is 25.0. The molecule has 1 aliphatic carbocycles. The van der Waals surface area contributed by atoms with Crippen molar-refractivity contribution in [1.82, 2.24) is 4.90 Å². The Morgan fingerprint density at radius 2 is 2.19 bits per heavy atom. The first-order valence-corrected chi connectivity index (χ1v) is 9.82. The first-order chi connectivity index (χ1) is 12.7. The molecule has 2 atom stereocenters. The highest BCUT2D eigenvalue weighted by Gasteiger charge is 2.45. The van der Waals surface area contributed by atoms with Crippen molar-refractivity contribution in [3.63, 3.8) is 0 Å². The van der Waals surface area contributed by atoms with Crippen LogP contribution in [0.1, 0.15) is 57.6 Å². The summed E-state index contributed by atoms with van der Waals surface area (Å²) in [7, 11) is 0. The number of ether oxygens (including phenoxy) is 1. The number of rotatable bonds is 3. The zero-order chi connectivity index (χ0) is 19.7. The predicted octanol–water partition coefficient (Wildman–Crippen LogP) is 4.86. The number of benzene rings is 1. The molecule has 1 aromatic rings. The Labute approximate surface area is 161 Å². The van der Waals surface area contributed by atoms with Crippen LogP contribution in [0.2, 0.25) is 0 Å². The number of halogens is 1. The van der Waals surface area contributed by atoms with Gasteiger partial charge in [-0.1, -0.05) is 12.1 Å². The van der Waals surface area contributed by atoms with E-state index >= 15 is 0 Å². The van der Waals surface area contributed by atoms with Gasteiger partial charge >= 0.3 is 6.09 Å². The third kappa shape index (κ3) is 4.80. The number of hydrogen-bond donors (Lipinski definition) is 0. The maximum Gasteiger partial charge on any atom is 0.410 e. The molecule has 1 spiro atoms. The van der Waals surface area contributed by atoms with Crippen LogP contribution in [0, 0.1) is 28.5 Å². The van der Waals surface area contributed by atoms with Crippen molar-refractivity contribution < 1.29 is 13.9 Å². The van der Waals surface area contributed by atoms with Crippen molar-refractivity contribution in [2.45, 2.75) is 64.9 Å². The van der Waals surface area contributed by atoms with Crippen LogP contribution < -0.4 is 0 Å². The first kappa shape index (κ1) is 19.7. The quantitative estimate of drug-likeness (QED) is 0.761. The fourth-order valence-electron chi connectivity index (χ4n) is 4.57. The van der Waals surface area contributed by atoms with E-state index in [9.17, 15) is 9.18 Å². The summed E-state index contributed by atoms with van der Waals surface area (Å²) in [5.74, 6) is 0.239. The molecule has 0 radical (unpaired) electrons. The second-order valence-electron chi connectivity index (χ2n) is 9.23. The highest BCUT2D eigenvalue weighted by molar-refractivity contribution is 5.68. The molecule has 27 heavy (non-hydrogen) atoms. The van der Waals surface area contributed by atoms with E-state index in [1.54, 1.807) is 12.1 Å². The van der Waals surface area contributed by atoms with E-state index in [0.717, 1.165) is 50.8 Å². The number of likely N-dealkylation sites (tertiary alicyclic amines) is 1. The molecule has 2 unspecified atom stereocenters. The standard InChI is InChI=1S/C22H29FN2O2/c1-21(2,3)27-20(26)25-11-9-22(15-25)8-6-17(14-22)12-16-4-5-18(7-10-24)19(23)13-16/h4-5,13,17H,6-9,11-12,14-15H2,1-3H3. The van der Waals surface area contributed by atoms with E-state index in [2.05, 4.69) is 0 Å². The number of nitrogens with zero attached hydrogens (tertiary/aromatic N) is 2. The molecule has 1 saturated carbocycles. The lowest BCUT2D eigenvalue weighted by atomic mass is 9.83. The second-order valence-corrected chi connectivity index (χ2v) is 9.23. The lowest BCUT2D eigenvalue weighted by Crippen LogP contribution is -2.36. The van der Waals surface area contributed by atoms with E-state index in [4.69, 9.17) is 10.00 Å². The molecule has 3 rings (SSSR count). The average Bonchev–Trinajstić information content (AvgIpc) is 3.16. The Morgan fingerprint density at radius 3 is 2.85 bits per heavy atom. The summed E-state index contributed by atoms with van der Waals surface area (Å²) in [5, 5.41) is 8.73. The predicted molar refractivity (Wildman–Crippen MR) is 102 cm³/mol. The van der Waals surface area contributed by atoms with Crippen LogP contribution in [0.15, 0.2) is 18.2 Å². The van der Waals surface area contributed by atoms with Crippen molar-refractivity contribution in [3.8, 4) is 6.07 Å². The van der Waals surface area contributed by atoms with Crippen LogP contribution in [-0.2, 0) is 17.6 Å². The monoisotopic (exact) mass is 372 g/mol. The van der Waals surface area contributed by atoms with Gasteiger partial charge in [-0.05, 0) is 75.8 Å². The molecule has 2 aliphatic rings. The fraction of sp³-hybridized carbons (Fsp3) is 0.636. The molecule has 1 heterocycles. The molecule has 1 saturated heterocycles. The summed E-state index contributed by atoms with van der Waals surface area (Å²) < 4.78 is 19.6. The summed E-state index contributed by atoms with van der Waals surface area (Å²) in [4.78, 5) is 14.2. The van der Waals surface area contributed by atoms with Gasteiger partial charge in [0.25, 0.3) is 0 Å². The summed E-state index contributed by atoms with van der Waals surface area (Å²) in [6, 6.07) is 7.26. The number of carbonyl (C=O) groups excluding carboxylic acids is 1. The number of amides is 1. The first-order valence-electron chi connectivity index (χ1n) is 9.82. The molecule has 146 valence electrons. The Hall–Kier alpha value is -2.09. The summed E-state index contributed by atoms with van der Waals surface area (Å²) in [5.41, 5.74) is 1.19. The highest BCUT2D eigenvalue weighted by Crippen LogP contribution is 2.49. The molecule has 0 aromatic heterocycles. The summed E-state index contributed by atoms with van der Waals surface area (Å²) >= 11 is 0. The van der Waals surface area contributed by atoms with Crippen LogP contribution in [0.25, 0.3) is 0 Å². The lowest BCUT2D eigenvalue weighted by molar-refractivity contribution is 0.0272. The van der Waals surface area contributed by atoms with E-state index in [0.29, 0.717) is 11.5 Å². The van der Waals surface area contributed by atoms with Gasteiger partial charge in [0.2, 0.25) is 0 Å². The molecular weight excluding hydrogens is 343 g/mol. The zero-order valence-corrected chi connectivity index (χ0v) is 16.6. The van der Waals surface area contributed by atoms with Crippen molar-refractivity contribution in [2.24, 2.45) is 11.3 Å². The second kappa shape index (κ2) is 7.50. The summed E-state index contributed by atoms with van der Waals surface area (Å²) in [6.07, 6.45) is 5.09. The van der Waals surface area contributed by atoms with E-state index in [-0.39, 0.29) is 23.7 Å². The average molecular weight is 372 g/mol. The van der Waals surface area contributed by atoms with Crippen molar-refractivity contribution in [3.05, 3.63) is 35.1 Å². The van der Waals surface area contributed by atoms with Crippen LogP contribution in [0.4, 0.5) is 9.18 Å². The largest absolute Gasteiger partial charge is 0.444 e. The van der Waals surface area contributed by atoms with Gasteiger partial charge < -0.3 is 9.64 Å². The van der Waals surface area contributed by atoms with Crippen LogP contribution in [0.5, 0.6) is 0 Å². The summed E-state index contributed by atoms with van der Waals surface area (Å²) in [6.45, 7) is 7.21. The van der Waals surface area contributed by atoms with Crippen molar-refractivity contribution in [1.29, 1.82) is 5.26 Å². The van der Waals surface area contributed by atoms with Crippen molar-refractivity contribution in [2.75, 3.05) is 13.1 Å². The van der Waals surface area contributed by atoms with Crippen LogP contribution >= 0.6 is 0 Å². The molecule has 2 fully saturated rings. The minimum Gasteiger partial charge on any atom is -0.444 e. The van der Waals surface area contributed by atoms with E-state index in [1.807, 2.05) is 37.8 Å².